The first kappa shape index (κ1) is 16.7. The summed E-state index contributed by atoms with van der Waals surface area (Å²) in [6.45, 7) is 0. The minimum absolute atomic E-state index is 0.0195. The van der Waals surface area contributed by atoms with E-state index in [1.165, 1.54) is 0 Å². The van der Waals surface area contributed by atoms with E-state index in [1.54, 1.807) is 30.5 Å². The van der Waals surface area contributed by atoms with Crippen LogP contribution in [0, 0.1) is 0 Å². The first-order chi connectivity index (χ1) is 12.7. The van der Waals surface area contributed by atoms with E-state index in [-0.39, 0.29) is 5.56 Å². The van der Waals surface area contributed by atoms with Crippen molar-refractivity contribution in [3.05, 3.63) is 76.6 Å². The van der Waals surface area contributed by atoms with Gasteiger partial charge in [0.15, 0.2) is 5.16 Å². The summed E-state index contributed by atoms with van der Waals surface area (Å²) >= 11 is 1.55. The van der Waals surface area contributed by atoms with Crippen LogP contribution in [-0.2, 0) is 12.8 Å². The van der Waals surface area contributed by atoms with Crippen molar-refractivity contribution < 1.29 is 4.74 Å². The number of hydrogen-bond acceptors (Lipinski definition) is 4. The number of methoxy groups -OCH3 is 1. The Morgan fingerprint density at radius 3 is 2.58 bits per heavy atom. The zero-order valence-electron chi connectivity index (χ0n) is 14.6. The van der Waals surface area contributed by atoms with Crippen molar-refractivity contribution in [2.75, 3.05) is 7.11 Å². The molecule has 1 heterocycles. The summed E-state index contributed by atoms with van der Waals surface area (Å²) in [6.07, 6.45) is 0. The second kappa shape index (κ2) is 6.84. The fourth-order valence-corrected chi connectivity index (χ4v) is 3.89. The number of hydrogen-bond donors (Lipinski definition) is 0. The third kappa shape index (κ3) is 3.06. The SMILES string of the molecule is COc1cccc(CSc2nc3cc4ccccc4cc3c(=O)n2C)c1. The van der Waals surface area contributed by atoms with Crippen LogP contribution in [0.15, 0.2) is 70.6 Å². The van der Waals surface area contributed by atoms with Crippen molar-refractivity contribution in [1.82, 2.24) is 9.55 Å². The predicted octanol–water partition coefficient (Wildman–Crippen LogP) is 4.39. The van der Waals surface area contributed by atoms with Gasteiger partial charge in [0.2, 0.25) is 0 Å². The zero-order chi connectivity index (χ0) is 18.1. The van der Waals surface area contributed by atoms with Gasteiger partial charge >= 0.3 is 0 Å². The first-order valence-corrected chi connectivity index (χ1v) is 9.29. The van der Waals surface area contributed by atoms with Gasteiger partial charge in [-0.15, -0.1) is 0 Å². The monoisotopic (exact) mass is 362 g/mol. The number of thioether (sulfide) groups is 1. The predicted molar refractivity (Wildman–Crippen MR) is 107 cm³/mol. The van der Waals surface area contributed by atoms with Gasteiger partial charge in [-0.3, -0.25) is 9.36 Å². The summed E-state index contributed by atoms with van der Waals surface area (Å²) in [5, 5.41) is 3.50. The molecule has 3 aromatic carbocycles. The lowest BCUT2D eigenvalue weighted by Gasteiger charge is -2.10. The summed E-state index contributed by atoms with van der Waals surface area (Å²) in [6, 6.07) is 19.9. The number of benzene rings is 3. The van der Waals surface area contributed by atoms with Crippen LogP contribution in [-0.4, -0.2) is 16.7 Å². The van der Waals surface area contributed by atoms with Crippen molar-refractivity contribution >= 4 is 33.4 Å². The Hall–Kier alpha value is -2.79. The molecule has 0 amide bonds. The largest absolute Gasteiger partial charge is 0.497 e. The molecule has 5 heteroatoms. The smallest absolute Gasteiger partial charge is 0.261 e. The van der Waals surface area contributed by atoms with Crippen molar-refractivity contribution in [3.63, 3.8) is 0 Å². The van der Waals surface area contributed by atoms with Crippen LogP contribution < -0.4 is 10.3 Å². The molecule has 0 aliphatic carbocycles. The third-order valence-corrected chi connectivity index (χ3v) is 5.51. The molecule has 4 nitrogen and oxygen atoms in total. The topological polar surface area (TPSA) is 44.1 Å². The average Bonchev–Trinajstić information content (AvgIpc) is 2.68. The highest BCUT2D eigenvalue weighted by molar-refractivity contribution is 7.98. The van der Waals surface area contributed by atoms with Gasteiger partial charge in [-0.2, -0.15) is 0 Å². The van der Waals surface area contributed by atoms with Crippen LogP contribution >= 0.6 is 11.8 Å². The molecule has 4 rings (SSSR count). The average molecular weight is 362 g/mol. The molecule has 0 saturated carbocycles. The van der Waals surface area contributed by atoms with Gasteiger partial charge in [-0.1, -0.05) is 48.2 Å². The summed E-state index contributed by atoms with van der Waals surface area (Å²) in [4.78, 5) is 17.5. The maximum atomic E-state index is 12.8. The van der Waals surface area contributed by atoms with Gasteiger partial charge in [-0.25, -0.2) is 4.98 Å². The lowest BCUT2D eigenvalue weighted by Crippen LogP contribution is -2.20. The summed E-state index contributed by atoms with van der Waals surface area (Å²) in [7, 11) is 3.43. The fourth-order valence-electron chi connectivity index (χ4n) is 2.98. The number of aromatic nitrogens is 2. The Morgan fingerprint density at radius 1 is 1.04 bits per heavy atom. The number of ether oxygens (including phenoxy) is 1. The Bertz CT molecular complexity index is 1170. The highest BCUT2D eigenvalue weighted by Gasteiger charge is 2.10. The molecule has 0 spiro atoms. The molecule has 0 unspecified atom stereocenters. The molecule has 0 fully saturated rings. The molecule has 0 atom stereocenters. The van der Waals surface area contributed by atoms with E-state index in [0.717, 1.165) is 33.4 Å². The second-order valence-electron chi connectivity index (χ2n) is 6.12. The Labute approximate surface area is 155 Å². The molecule has 0 saturated heterocycles. The van der Waals surface area contributed by atoms with Crippen molar-refractivity contribution in [2.24, 2.45) is 7.05 Å². The molecule has 4 aromatic rings. The van der Waals surface area contributed by atoms with Crippen LogP contribution in [0.5, 0.6) is 5.75 Å². The number of nitrogens with zero attached hydrogens (tertiary/aromatic N) is 2. The van der Waals surface area contributed by atoms with Gasteiger partial charge in [0.1, 0.15) is 5.75 Å². The van der Waals surface area contributed by atoms with E-state index < -0.39 is 0 Å². The quantitative estimate of drug-likeness (QED) is 0.307. The molecular weight excluding hydrogens is 344 g/mol. The van der Waals surface area contributed by atoms with Gasteiger partial charge in [0.25, 0.3) is 5.56 Å². The van der Waals surface area contributed by atoms with Crippen molar-refractivity contribution in [3.8, 4) is 5.75 Å². The zero-order valence-corrected chi connectivity index (χ0v) is 15.4. The van der Waals surface area contributed by atoms with Crippen molar-refractivity contribution in [2.45, 2.75) is 10.9 Å². The molecule has 0 N–H and O–H groups in total. The van der Waals surface area contributed by atoms with E-state index in [2.05, 4.69) is 0 Å². The summed E-state index contributed by atoms with van der Waals surface area (Å²) in [5.74, 6) is 1.55. The van der Waals surface area contributed by atoms with Gasteiger partial charge < -0.3 is 4.74 Å². The van der Waals surface area contributed by atoms with Gasteiger partial charge in [0.05, 0.1) is 18.0 Å². The first-order valence-electron chi connectivity index (χ1n) is 8.31. The lowest BCUT2D eigenvalue weighted by atomic mass is 10.1. The van der Waals surface area contributed by atoms with E-state index >= 15 is 0 Å². The normalized spacial score (nSPS) is 11.2. The summed E-state index contributed by atoms with van der Waals surface area (Å²) < 4.78 is 6.90. The standard InChI is InChI=1S/C21H18N2O2S/c1-23-20(24)18-11-15-7-3-4-8-16(15)12-19(18)22-21(23)26-13-14-6-5-9-17(10-14)25-2/h3-12H,13H2,1-2H3. The molecular formula is C21H18N2O2S. The van der Waals surface area contributed by atoms with E-state index in [1.807, 2.05) is 60.7 Å². The molecule has 0 aliphatic heterocycles. The minimum Gasteiger partial charge on any atom is -0.497 e. The molecule has 130 valence electrons. The Morgan fingerprint density at radius 2 is 1.81 bits per heavy atom. The molecule has 0 bridgehead atoms. The molecule has 0 radical (unpaired) electrons. The minimum atomic E-state index is -0.0195. The number of fused-ring (bicyclic) bond motifs is 2. The van der Waals surface area contributed by atoms with Crippen LogP contribution in [0.25, 0.3) is 21.7 Å². The Balaban J connectivity index is 1.73. The van der Waals surface area contributed by atoms with Crippen LogP contribution in [0.3, 0.4) is 0 Å². The number of rotatable bonds is 4. The van der Waals surface area contributed by atoms with E-state index in [9.17, 15) is 4.79 Å². The molecule has 26 heavy (non-hydrogen) atoms. The van der Waals surface area contributed by atoms with Crippen LogP contribution in [0.2, 0.25) is 0 Å². The maximum absolute atomic E-state index is 12.8. The molecule has 1 aromatic heterocycles. The Kier molecular flexibility index (Phi) is 4.39. The van der Waals surface area contributed by atoms with E-state index in [4.69, 9.17) is 9.72 Å². The fraction of sp³-hybridized carbons (Fsp3) is 0.143. The maximum Gasteiger partial charge on any atom is 0.261 e. The molecule has 0 aliphatic rings. The van der Waals surface area contributed by atoms with Crippen LogP contribution in [0.1, 0.15) is 5.56 Å². The lowest BCUT2D eigenvalue weighted by molar-refractivity contribution is 0.414. The summed E-state index contributed by atoms with van der Waals surface area (Å²) in [5.41, 5.74) is 1.84. The van der Waals surface area contributed by atoms with Crippen molar-refractivity contribution in [1.29, 1.82) is 0 Å². The van der Waals surface area contributed by atoms with Crippen LogP contribution in [0.4, 0.5) is 0 Å². The van der Waals surface area contributed by atoms with Gasteiger partial charge in [0, 0.05) is 12.8 Å². The van der Waals surface area contributed by atoms with E-state index in [0.29, 0.717) is 10.5 Å². The van der Waals surface area contributed by atoms with Gasteiger partial charge in [-0.05, 0) is 40.6 Å². The third-order valence-electron chi connectivity index (χ3n) is 4.40. The highest BCUT2D eigenvalue weighted by Crippen LogP contribution is 2.25. The second-order valence-corrected chi connectivity index (χ2v) is 7.06. The highest BCUT2D eigenvalue weighted by atomic mass is 32.2.